The van der Waals surface area contributed by atoms with Crippen LogP contribution in [0.5, 0.6) is 5.75 Å². The molecule has 0 amide bonds. The number of ether oxygens (including phenoxy) is 3. The third-order valence-electron chi connectivity index (χ3n) is 5.38. The average Bonchev–Trinajstić information content (AvgIpc) is 3.61. The molecule has 1 saturated carbocycles. The van der Waals surface area contributed by atoms with E-state index in [1.165, 1.54) is 5.57 Å². The molecule has 0 unspecified atom stereocenters. The number of esters is 1. The van der Waals surface area contributed by atoms with Crippen LogP contribution in [0.4, 0.5) is 0 Å². The molecule has 1 aliphatic carbocycles. The summed E-state index contributed by atoms with van der Waals surface area (Å²) in [5.74, 6) is 0.849. The number of carbonyl (C=O) groups excluding carboxylic acids is 1. The van der Waals surface area contributed by atoms with Crippen LogP contribution in [0.3, 0.4) is 0 Å². The Morgan fingerprint density at radius 1 is 1.23 bits per heavy atom. The lowest BCUT2D eigenvalue weighted by Crippen LogP contribution is -2.14. The highest BCUT2D eigenvalue weighted by Crippen LogP contribution is 2.39. The van der Waals surface area contributed by atoms with Crippen molar-refractivity contribution >= 4 is 11.5 Å². The van der Waals surface area contributed by atoms with Crippen molar-refractivity contribution in [2.75, 3.05) is 26.4 Å². The van der Waals surface area contributed by atoms with Gasteiger partial charge in [0.25, 0.3) is 0 Å². The lowest BCUT2D eigenvalue weighted by atomic mass is 9.96. The van der Waals surface area contributed by atoms with E-state index in [1.54, 1.807) is 13.1 Å². The van der Waals surface area contributed by atoms with Crippen LogP contribution in [0.15, 0.2) is 30.5 Å². The molecule has 2 aliphatic rings. The van der Waals surface area contributed by atoms with Crippen LogP contribution >= 0.6 is 0 Å². The number of hydrogen-bond donors (Lipinski definition) is 0. The molecule has 0 bridgehead atoms. The van der Waals surface area contributed by atoms with Crippen molar-refractivity contribution in [2.45, 2.75) is 45.4 Å². The maximum Gasteiger partial charge on any atom is 0.358 e. The number of hydrogen-bond acceptors (Lipinski definition) is 6. The van der Waals surface area contributed by atoms with Gasteiger partial charge in [-0.1, -0.05) is 24.3 Å². The lowest BCUT2D eigenvalue weighted by molar-refractivity contribution is 0.0517. The monoisotopic (exact) mass is 408 g/mol. The second-order valence-electron chi connectivity index (χ2n) is 7.54. The molecule has 1 fully saturated rings. The molecule has 6 nitrogen and oxygen atoms in total. The van der Waals surface area contributed by atoms with Crippen molar-refractivity contribution in [1.29, 1.82) is 0 Å². The molecule has 30 heavy (non-hydrogen) atoms. The smallest absolute Gasteiger partial charge is 0.358 e. The van der Waals surface area contributed by atoms with Crippen molar-refractivity contribution < 1.29 is 19.0 Å². The second-order valence-corrected chi connectivity index (χ2v) is 7.54. The molecule has 0 N–H and O–H groups in total. The summed E-state index contributed by atoms with van der Waals surface area (Å²) in [6.45, 7) is 5.98. The predicted octanol–water partition coefficient (Wildman–Crippen LogP) is 4.32. The first-order valence-corrected chi connectivity index (χ1v) is 10.8. The molecule has 4 rings (SSSR count). The normalized spacial score (nSPS) is 16.1. The van der Waals surface area contributed by atoms with Crippen LogP contribution in [0.25, 0.3) is 5.57 Å². The van der Waals surface area contributed by atoms with E-state index >= 15 is 0 Å². The van der Waals surface area contributed by atoms with Gasteiger partial charge in [0.2, 0.25) is 0 Å². The van der Waals surface area contributed by atoms with Crippen molar-refractivity contribution in [3.63, 3.8) is 0 Å². The average molecular weight is 408 g/mol. The molecule has 0 radical (unpaired) electrons. The van der Waals surface area contributed by atoms with E-state index in [-0.39, 0.29) is 0 Å². The zero-order valence-corrected chi connectivity index (χ0v) is 17.6. The molecule has 0 saturated heterocycles. The molecule has 1 aromatic heterocycles. The molecule has 0 atom stereocenters. The topological polar surface area (TPSA) is 70.5 Å². The Bertz CT molecular complexity index is 950. The van der Waals surface area contributed by atoms with Crippen LogP contribution in [0, 0.1) is 0 Å². The number of nitrogens with zero attached hydrogens (tertiary/aromatic N) is 2. The van der Waals surface area contributed by atoms with E-state index in [9.17, 15) is 4.79 Å². The van der Waals surface area contributed by atoms with Gasteiger partial charge in [0.1, 0.15) is 5.75 Å². The standard InChI is InChI=1S/C24H28N2O4/c1-3-29-23-18(6-5-7-19(23)16-10-12-28-13-11-16)14-20-22(24(27)30-4-2)26-21(15-25-20)17-8-9-17/h5-7,10,15,17H,3-4,8-9,11-14H2,1-2H3. The van der Waals surface area contributed by atoms with E-state index in [0.717, 1.165) is 41.8 Å². The van der Waals surface area contributed by atoms with Gasteiger partial charge in [0, 0.05) is 29.7 Å². The molecule has 0 spiro atoms. The summed E-state index contributed by atoms with van der Waals surface area (Å²) in [5.41, 5.74) is 5.12. The Hall–Kier alpha value is -2.73. The Kier molecular flexibility index (Phi) is 6.43. The van der Waals surface area contributed by atoms with Crippen molar-refractivity contribution in [1.82, 2.24) is 9.97 Å². The summed E-state index contributed by atoms with van der Waals surface area (Å²) in [4.78, 5) is 21.9. The van der Waals surface area contributed by atoms with Gasteiger partial charge in [-0.3, -0.25) is 4.98 Å². The summed E-state index contributed by atoms with van der Waals surface area (Å²) in [7, 11) is 0. The van der Waals surface area contributed by atoms with Gasteiger partial charge in [-0.2, -0.15) is 0 Å². The minimum absolute atomic E-state index is 0.309. The molecule has 6 heteroatoms. The molecule has 1 aromatic carbocycles. The van der Waals surface area contributed by atoms with Crippen LogP contribution in [0.1, 0.15) is 72.0 Å². The number of carbonyl (C=O) groups is 1. The Balaban J connectivity index is 1.71. The summed E-state index contributed by atoms with van der Waals surface area (Å²) < 4.78 is 16.8. The summed E-state index contributed by atoms with van der Waals surface area (Å²) in [6.07, 6.45) is 7.43. The van der Waals surface area contributed by atoms with Gasteiger partial charge < -0.3 is 14.2 Å². The molecule has 158 valence electrons. The van der Waals surface area contributed by atoms with Gasteiger partial charge in [-0.25, -0.2) is 9.78 Å². The van der Waals surface area contributed by atoms with E-state index in [0.29, 0.717) is 50.2 Å². The van der Waals surface area contributed by atoms with Gasteiger partial charge in [-0.05, 0) is 38.7 Å². The number of rotatable bonds is 8. The van der Waals surface area contributed by atoms with Crippen LogP contribution in [0.2, 0.25) is 0 Å². The first-order chi connectivity index (χ1) is 14.7. The third-order valence-corrected chi connectivity index (χ3v) is 5.38. The van der Waals surface area contributed by atoms with E-state index in [4.69, 9.17) is 14.2 Å². The molecule has 2 aromatic rings. The van der Waals surface area contributed by atoms with Crippen molar-refractivity contribution in [3.8, 4) is 5.75 Å². The van der Waals surface area contributed by atoms with Crippen molar-refractivity contribution in [3.05, 3.63) is 58.7 Å². The first-order valence-electron chi connectivity index (χ1n) is 10.8. The van der Waals surface area contributed by atoms with Gasteiger partial charge in [0.15, 0.2) is 5.69 Å². The number of aromatic nitrogens is 2. The van der Waals surface area contributed by atoms with Crippen LogP contribution < -0.4 is 4.74 Å². The molecular weight excluding hydrogens is 380 g/mol. The van der Waals surface area contributed by atoms with E-state index < -0.39 is 5.97 Å². The Morgan fingerprint density at radius 2 is 2.10 bits per heavy atom. The zero-order chi connectivity index (χ0) is 20.9. The van der Waals surface area contributed by atoms with Crippen LogP contribution in [-0.2, 0) is 15.9 Å². The fourth-order valence-corrected chi connectivity index (χ4v) is 3.74. The van der Waals surface area contributed by atoms with Gasteiger partial charge >= 0.3 is 5.97 Å². The quantitative estimate of drug-likeness (QED) is 0.606. The molecular formula is C24H28N2O4. The first kappa shape index (κ1) is 20.5. The second kappa shape index (κ2) is 9.39. The molecule has 1 aliphatic heterocycles. The highest BCUT2D eigenvalue weighted by Gasteiger charge is 2.28. The maximum absolute atomic E-state index is 12.6. The fourth-order valence-electron chi connectivity index (χ4n) is 3.74. The predicted molar refractivity (Wildman–Crippen MR) is 114 cm³/mol. The maximum atomic E-state index is 12.6. The van der Waals surface area contributed by atoms with Gasteiger partial charge in [-0.15, -0.1) is 0 Å². The molecule has 2 heterocycles. The van der Waals surface area contributed by atoms with E-state index in [1.807, 2.05) is 19.1 Å². The largest absolute Gasteiger partial charge is 0.493 e. The lowest BCUT2D eigenvalue weighted by Gasteiger charge is -2.20. The Labute approximate surface area is 177 Å². The van der Waals surface area contributed by atoms with E-state index in [2.05, 4.69) is 22.1 Å². The summed E-state index contributed by atoms with van der Waals surface area (Å²) in [5, 5.41) is 0. The summed E-state index contributed by atoms with van der Waals surface area (Å²) >= 11 is 0. The van der Waals surface area contributed by atoms with Crippen LogP contribution in [-0.4, -0.2) is 42.4 Å². The third kappa shape index (κ3) is 4.54. The minimum Gasteiger partial charge on any atom is -0.493 e. The highest BCUT2D eigenvalue weighted by molar-refractivity contribution is 5.88. The number of para-hydroxylation sites is 1. The van der Waals surface area contributed by atoms with Gasteiger partial charge in [0.05, 0.1) is 37.8 Å². The SMILES string of the molecule is CCOC(=O)c1nc(C2CC2)cnc1Cc1cccc(C2=CCOCC2)c1OCC. The Morgan fingerprint density at radius 3 is 2.80 bits per heavy atom. The fraction of sp³-hybridized carbons (Fsp3) is 0.458. The highest BCUT2D eigenvalue weighted by atomic mass is 16.5. The summed E-state index contributed by atoms with van der Waals surface area (Å²) in [6, 6.07) is 6.14. The minimum atomic E-state index is -0.413. The number of benzene rings is 1. The van der Waals surface area contributed by atoms with Crippen molar-refractivity contribution in [2.24, 2.45) is 0 Å². The zero-order valence-electron chi connectivity index (χ0n) is 17.6.